The van der Waals surface area contributed by atoms with Gasteiger partial charge in [-0.3, -0.25) is 9.59 Å². The second-order valence-electron chi connectivity index (χ2n) is 9.47. The van der Waals surface area contributed by atoms with E-state index in [1.807, 2.05) is 26.0 Å². The summed E-state index contributed by atoms with van der Waals surface area (Å²) in [4.78, 5) is 27.0. The Kier molecular flexibility index (Phi) is 8.26. The lowest BCUT2D eigenvalue weighted by atomic mass is 9.93. The fourth-order valence-electron chi connectivity index (χ4n) is 4.87. The van der Waals surface area contributed by atoms with E-state index in [1.165, 1.54) is 6.07 Å². The Labute approximate surface area is 217 Å². The number of carbonyl (C=O) groups excluding carboxylic acids is 2. The monoisotopic (exact) mass is 523 g/mol. The smallest absolute Gasteiger partial charge is 0.255 e. The Hall–Kier alpha value is -3.27. The molecule has 1 saturated heterocycles. The van der Waals surface area contributed by atoms with Crippen LogP contribution in [0, 0.1) is 12.8 Å². The number of carbonyl (C=O) groups is 2. The number of hydrogen-bond donors (Lipinski definition) is 3. The van der Waals surface area contributed by atoms with Crippen LogP contribution in [0.3, 0.4) is 0 Å². The Balaban J connectivity index is 1.59. The van der Waals surface area contributed by atoms with Gasteiger partial charge in [0.2, 0.25) is 15.9 Å². The first-order valence-electron chi connectivity index (χ1n) is 12.5. The highest BCUT2D eigenvalue weighted by Crippen LogP contribution is 2.31. The molecule has 0 saturated carbocycles. The lowest BCUT2D eigenvalue weighted by molar-refractivity contribution is -0.133. The minimum Gasteiger partial charge on any atom is -0.396 e. The van der Waals surface area contributed by atoms with Gasteiger partial charge in [0.1, 0.15) is 0 Å². The zero-order chi connectivity index (χ0) is 26.6. The number of aryl methyl sites for hydroxylation is 1. The summed E-state index contributed by atoms with van der Waals surface area (Å²) in [5, 5.41) is 14.0. The predicted molar refractivity (Wildman–Crippen MR) is 144 cm³/mol. The van der Waals surface area contributed by atoms with Crippen LogP contribution in [0.25, 0.3) is 10.8 Å². The number of nitrogens with one attached hydrogen (secondary N) is 2. The van der Waals surface area contributed by atoms with Crippen LogP contribution in [-0.4, -0.2) is 56.0 Å². The van der Waals surface area contributed by atoms with Crippen molar-refractivity contribution in [1.29, 1.82) is 0 Å². The van der Waals surface area contributed by atoms with Gasteiger partial charge in [-0.15, -0.1) is 0 Å². The van der Waals surface area contributed by atoms with Crippen molar-refractivity contribution in [2.24, 2.45) is 5.92 Å². The Morgan fingerprint density at radius 3 is 2.43 bits per heavy atom. The molecule has 9 heteroatoms. The van der Waals surface area contributed by atoms with E-state index in [0.717, 1.165) is 12.0 Å². The third-order valence-electron chi connectivity index (χ3n) is 6.90. The number of amides is 2. The summed E-state index contributed by atoms with van der Waals surface area (Å²) in [7, 11) is -3.96. The second-order valence-corrected chi connectivity index (χ2v) is 11.2. The molecule has 0 unspecified atom stereocenters. The lowest BCUT2D eigenvalue weighted by Gasteiger charge is -2.38. The normalized spacial score (nSPS) is 18.1. The van der Waals surface area contributed by atoms with Crippen molar-refractivity contribution in [3.05, 3.63) is 71.8 Å². The van der Waals surface area contributed by atoms with Gasteiger partial charge in [-0.25, -0.2) is 13.1 Å². The second kappa shape index (κ2) is 11.4. The number of aliphatic hydroxyl groups is 1. The molecule has 0 aliphatic carbocycles. The molecule has 2 atom stereocenters. The van der Waals surface area contributed by atoms with Crippen LogP contribution < -0.4 is 10.0 Å². The van der Waals surface area contributed by atoms with Crippen molar-refractivity contribution in [2.45, 2.75) is 44.0 Å². The molecule has 1 heterocycles. The number of sulfonamides is 1. The average Bonchev–Trinajstić information content (AvgIpc) is 2.89. The van der Waals surface area contributed by atoms with Crippen LogP contribution in [0.15, 0.2) is 65.6 Å². The number of nitrogens with zero attached hydrogens (tertiary/aromatic N) is 1. The molecule has 37 heavy (non-hydrogen) atoms. The predicted octanol–water partition coefficient (Wildman–Crippen LogP) is 3.69. The molecule has 3 N–H and O–H groups in total. The van der Waals surface area contributed by atoms with Crippen molar-refractivity contribution in [3.8, 4) is 0 Å². The highest BCUT2D eigenvalue weighted by Gasteiger charge is 2.34. The summed E-state index contributed by atoms with van der Waals surface area (Å²) < 4.78 is 29.8. The molecule has 196 valence electrons. The maximum absolute atomic E-state index is 13.5. The molecule has 3 aromatic carbocycles. The molecule has 0 bridgehead atoms. The van der Waals surface area contributed by atoms with Gasteiger partial charge in [0, 0.05) is 60.1 Å². The summed E-state index contributed by atoms with van der Waals surface area (Å²) in [6.45, 7) is 4.32. The molecule has 8 nitrogen and oxygen atoms in total. The van der Waals surface area contributed by atoms with E-state index in [0.29, 0.717) is 48.0 Å². The Morgan fingerprint density at radius 2 is 1.73 bits per heavy atom. The van der Waals surface area contributed by atoms with Crippen molar-refractivity contribution in [2.75, 3.05) is 25.0 Å². The Bertz CT molecular complexity index is 1410. The van der Waals surface area contributed by atoms with Gasteiger partial charge in [0.25, 0.3) is 5.91 Å². The number of likely N-dealkylation sites (tertiary alicyclic amines) is 1. The topological polar surface area (TPSA) is 116 Å². The van der Waals surface area contributed by atoms with E-state index in [-0.39, 0.29) is 23.3 Å². The van der Waals surface area contributed by atoms with Gasteiger partial charge < -0.3 is 15.3 Å². The summed E-state index contributed by atoms with van der Waals surface area (Å²) in [5.74, 6) is -0.646. The van der Waals surface area contributed by atoms with E-state index in [4.69, 9.17) is 0 Å². The van der Waals surface area contributed by atoms with Crippen LogP contribution in [0.2, 0.25) is 0 Å². The van der Waals surface area contributed by atoms with Crippen molar-refractivity contribution in [1.82, 2.24) is 9.62 Å². The van der Waals surface area contributed by atoms with Crippen LogP contribution in [0.1, 0.15) is 42.1 Å². The fourth-order valence-corrected chi connectivity index (χ4v) is 6.42. The summed E-state index contributed by atoms with van der Waals surface area (Å²) >= 11 is 0. The highest BCUT2D eigenvalue weighted by molar-refractivity contribution is 7.89. The van der Waals surface area contributed by atoms with E-state index >= 15 is 0 Å². The molecule has 1 aliphatic rings. The van der Waals surface area contributed by atoms with E-state index in [1.54, 1.807) is 47.4 Å². The van der Waals surface area contributed by atoms with Crippen LogP contribution in [-0.2, 0) is 14.8 Å². The Morgan fingerprint density at radius 1 is 1.03 bits per heavy atom. The molecular weight excluding hydrogens is 490 g/mol. The summed E-state index contributed by atoms with van der Waals surface area (Å²) in [6.07, 6.45) is 1.60. The van der Waals surface area contributed by atoms with E-state index < -0.39 is 22.0 Å². The molecule has 3 aromatic rings. The molecule has 0 radical (unpaired) electrons. The summed E-state index contributed by atoms with van der Waals surface area (Å²) in [6, 6.07) is 16.9. The van der Waals surface area contributed by atoms with Crippen LogP contribution >= 0.6 is 0 Å². The van der Waals surface area contributed by atoms with Gasteiger partial charge >= 0.3 is 0 Å². The van der Waals surface area contributed by atoms with E-state index in [2.05, 4.69) is 10.0 Å². The number of fused-ring (bicyclic) bond motifs is 1. The lowest BCUT2D eigenvalue weighted by Crippen LogP contribution is -2.53. The van der Waals surface area contributed by atoms with Gasteiger partial charge in [0.15, 0.2) is 0 Å². The number of aliphatic hydroxyl groups excluding tert-OH is 1. The molecule has 1 fully saturated rings. The third kappa shape index (κ3) is 5.84. The fraction of sp³-hybridized carbons (Fsp3) is 0.357. The SMILES string of the molecule is CCCC(=O)N1CC[C@H](NS(=O)(=O)c2ccc(NC(=O)c3ccccc3C)c3ccccc23)[C@H](CO)C1. The van der Waals surface area contributed by atoms with Crippen molar-refractivity contribution < 1.29 is 23.1 Å². The van der Waals surface area contributed by atoms with Crippen molar-refractivity contribution in [3.63, 3.8) is 0 Å². The first kappa shape index (κ1) is 26.8. The summed E-state index contributed by atoms with van der Waals surface area (Å²) in [5.41, 5.74) is 1.90. The number of hydrogen-bond acceptors (Lipinski definition) is 5. The number of benzene rings is 3. The average molecular weight is 524 g/mol. The molecule has 0 spiro atoms. The number of rotatable bonds is 8. The first-order valence-corrected chi connectivity index (χ1v) is 14.0. The third-order valence-corrected chi connectivity index (χ3v) is 8.45. The van der Waals surface area contributed by atoms with Gasteiger partial charge in [-0.05, 0) is 43.5 Å². The number of piperidine rings is 1. The van der Waals surface area contributed by atoms with Crippen molar-refractivity contribution >= 4 is 38.3 Å². The van der Waals surface area contributed by atoms with Gasteiger partial charge in [-0.1, -0.05) is 49.4 Å². The quantitative estimate of drug-likeness (QED) is 0.417. The molecular formula is C28H33N3O5S. The molecule has 4 rings (SSSR count). The first-order chi connectivity index (χ1) is 17.7. The van der Waals surface area contributed by atoms with E-state index in [9.17, 15) is 23.1 Å². The maximum atomic E-state index is 13.5. The number of anilines is 1. The molecule has 1 aliphatic heterocycles. The minimum absolute atomic E-state index is 0.0246. The van der Waals surface area contributed by atoms with Crippen LogP contribution in [0.5, 0.6) is 0 Å². The standard InChI is InChI=1S/C28H33N3O5S/c1-3-8-27(33)31-16-15-24(20(17-31)18-32)30-37(35,36)26-14-13-25(22-11-6-7-12-23(22)26)29-28(34)21-10-5-4-9-19(21)2/h4-7,9-14,20,24,30,32H,3,8,15-18H2,1-2H3,(H,29,34)/t20-,24-/m0/s1. The zero-order valence-corrected chi connectivity index (χ0v) is 21.9. The zero-order valence-electron chi connectivity index (χ0n) is 21.1. The largest absolute Gasteiger partial charge is 0.396 e. The minimum atomic E-state index is -3.96. The molecule has 0 aromatic heterocycles. The molecule has 2 amide bonds. The van der Waals surface area contributed by atoms with Gasteiger partial charge in [-0.2, -0.15) is 0 Å². The van der Waals surface area contributed by atoms with Gasteiger partial charge in [0.05, 0.1) is 4.90 Å². The van der Waals surface area contributed by atoms with Crippen LogP contribution in [0.4, 0.5) is 5.69 Å². The maximum Gasteiger partial charge on any atom is 0.255 e. The highest BCUT2D eigenvalue weighted by atomic mass is 32.2.